The molecule has 4 rings (SSSR count). The third-order valence-electron chi connectivity index (χ3n) is 7.50. The maximum atomic E-state index is 12.0. The van der Waals surface area contributed by atoms with Gasteiger partial charge in [-0.2, -0.15) is 0 Å². The van der Waals surface area contributed by atoms with E-state index in [-0.39, 0.29) is 0 Å². The van der Waals surface area contributed by atoms with Gasteiger partial charge in [0.1, 0.15) is 12.4 Å². The van der Waals surface area contributed by atoms with Crippen molar-refractivity contribution in [2.45, 2.75) is 56.8 Å². The Morgan fingerprint density at radius 2 is 1.73 bits per heavy atom. The Morgan fingerprint density at radius 3 is 2.33 bits per heavy atom. The highest BCUT2D eigenvalue weighted by Crippen LogP contribution is 2.48. The third-order valence-corrected chi connectivity index (χ3v) is 8.12. The molecule has 1 unspecified atom stereocenters. The number of piperazine rings is 1. The number of ether oxygens (including phenoxy) is 1. The standard InChI is InChI=1S/C26H33BrN2O4/c1-25(26(32)12-6-3-7-13-26,29-16-14-28(15-17-29)24(30)31)21-10-11-23(22(27)18-21)33-19-20-8-4-2-5-9-20/h2,4-5,8-11,18,32H,3,6-7,12-17,19H2,1H3,(H,30,31). The minimum atomic E-state index is -0.879. The van der Waals surface area contributed by atoms with Gasteiger partial charge in [-0.05, 0) is 59.0 Å². The molecule has 7 heteroatoms. The maximum Gasteiger partial charge on any atom is 0.407 e. The van der Waals surface area contributed by atoms with Crippen LogP contribution in [0.15, 0.2) is 53.0 Å². The molecule has 6 nitrogen and oxygen atoms in total. The normalized spacial score (nSPS) is 20.8. The van der Waals surface area contributed by atoms with Crippen LogP contribution in [0, 0.1) is 0 Å². The summed E-state index contributed by atoms with van der Waals surface area (Å²) in [6.07, 6.45) is 3.75. The van der Waals surface area contributed by atoms with Crippen LogP contribution < -0.4 is 4.74 Å². The van der Waals surface area contributed by atoms with Gasteiger partial charge >= 0.3 is 6.09 Å². The number of hydrogen-bond donors (Lipinski definition) is 2. The minimum Gasteiger partial charge on any atom is -0.488 e. The summed E-state index contributed by atoms with van der Waals surface area (Å²) in [6, 6.07) is 16.2. The average Bonchev–Trinajstić information content (AvgIpc) is 2.84. The van der Waals surface area contributed by atoms with Gasteiger partial charge in [-0.25, -0.2) is 4.79 Å². The van der Waals surface area contributed by atoms with Crippen LogP contribution >= 0.6 is 15.9 Å². The topological polar surface area (TPSA) is 73.2 Å². The first kappa shape index (κ1) is 24.0. The van der Waals surface area contributed by atoms with Crippen molar-refractivity contribution >= 4 is 22.0 Å². The molecule has 0 radical (unpaired) electrons. The number of rotatable bonds is 6. The molecule has 33 heavy (non-hydrogen) atoms. The fraction of sp³-hybridized carbons (Fsp3) is 0.500. The molecule has 1 amide bonds. The van der Waals surface area contributed by atoms with Crippen molar-refractivity contribution in [3.05, 3.63) is 64.1 Å². The Labute approximate surface area is 204 Å². The molecule has 1 saturated heterocycles. The summed E-state index contributed by atoms with van der Waals surface area (Å²) in [5.74, 6) is 0.760. The molecular weight excluding hydrogens is 484 g/mol. The Morgan fingerprint density at radius 1 is 1.06 bits per heavy atom. The lowest BCUT2D eigenvalue weighted by molar-refractivity contribution is -0.138. The smallest absolute Gasteiger partial charge is 0.407 e. The molecule has 2 aromatic rings. The Bertz CT molecular complexity index is 956. The van der Waals surface area contributed by atoms with E-state index in [1.54, 1.807) is 0 Å². The van der Waals surface area contributed by atoms with Gasteiger partial charge in [-0.3, -0.25) is 4.90 Å². The zero-order chi connectivity index (χ0) is 23.5. The van der Waals surface area contributed by atoms with Crippen LogP contribution in [0.4, 0.5) is 4.79 Å². The lowest BCUT2D eigenvalue weighted by atomic mass is 9.67. The van der Waals surface area contributed by atoms with Crippen LogP contribution in [0.1, 0.15) is 50.2 Å². The van der Waals surface area contributed by atoms with E-state index in [1.165, 1.54) is 4.90 Å². The predicted octanol–water partition coefficient (Wildman–Crippen LogP) is 5.23. The highest BCUT2D eigenvalue weighted by molar-refractivity contribution is 9.10. The van der Waals surface area contributed by atoms with Gasteiger partial charge in [0.05, 0.1) is 15.6 Å². The minimum absolute atomic E-state index is 0.445. The van der Waals surface area contributed by atoms with Gasteiger partial charge in [-0.1, -0.05) is 55.7 Å². The molecule has 2 N–H and O–H groups in total. The van der Waals surface area contributed by atoms with E-state index in [2.05, 4.69) is 39.9 Å². The van der Waals surface area contributed by atoms with Crippen molar-refractivity contribution in [1.82, 2.24) is 9.80 Å². The summed E-state index contributed by atoms with van der Waals surface area (Å²) in [4.78, 5) is 15.2. The van der Waals surface area contributed by atoms with Gasteiger partial charge < -0.3 is 19.8 Å². The Kier molecular flexibility index (Phi) is 7.31. The molecule has 1 aliphatic carbocycles. The van der Waals surface area contributed by atoms with Gasteiger partial charge in [0.2, 0.25) is 0 Å². The molecule has 0 bridgehead atoms. The zero-order valence-corrected chi connectivity index (χ0v) is 20.8. The molecule has 1 saturated carbocycles. The predicted molar refractivity (Wildman–Crippen MR) is 131 cm³/mol. The van der Waals surface area contributed by atoms with E-state index in [0.29, 0.717) is 32.8 Å². The number of amides is 1. The highest BCUT2D eigenvalue weighted by atomic mass is 79.9. The second-order valence-electron chi connectivity index (χ2n) is 9.34. The monoisotopic (exact) mass is 516 g/mol. The molecule has 2 aromatic carbocycles. The number of nitrogens with zero attached hydrogens (tertiary/aromatic N) is 2. The molecule has 0 aromatic heterocycles. The first-order chi connectivity index (χ1) is 15.8. The summed E-state index contributed by atoms with van der Waals surface area (Å²) in [6.45, 7) is 4.68. The van der Waals surface area contributed by atoms with Crippen molar-refractivity contribution in [2.75, 3.05) is 26.2 Å². The average molecular weight is 517 g/mol. The van der Waals surface area contributed by atoms with Crippen LogP contribution in [0.25, 0.3) is 0 Å². The Hall–Kier alpha value is -2.09. The molecule has 2 fully saturated rings. The van der Waals surface area contributed by atoms with Crippen LogP contribution in [0.3, 0.4) is 0 Å². The van der Waals surface area contributed by atoms with Crippen molar-refractivity contribution in [1.29, 1.82) is 0 Å². The zero-order valence-electron chi connectivity index (χ0n) is 19.2. The summed E-state index contributed by atoms with van der Waals surface area (Å²) < 4.78 is 6.90. The summed E-state index contributed by atoms with van der Waals surface area (Å²) in [5.41, 5.74) is 0.627. The lowest BCUT2D eigenvalue weighted by Gasteiger charge is -2.55. The molecule has 1 atom stereocenters. The van der Waals surface area contributed by atoms with E-state index in [0.717, 1.165) is 53.5 Å². The second-order valence-corrected chi connectivity index (χ2v) is 10.2. The van der Waals surface area contributed by atoms with E-state index >= 15 is 0 Å². The number of carboxylic acid groups (broad SMARTS) is 1. The molecule has 2 aliphatic rings. The van der Waals surface area contributed by atoms with E-state index in [1.807, 2.05) is 36.4 Å². The van der Waals surface area contributed by atoms with Crippen molar-refractivity contribution < 1.29 is 19.7 Å². The first-order valence-corrected chi connectivity index (χ1v) is 12.5. The van der Waals surface area contributed by atoms with Gasteiger partial charge in [0.15, 0.2) is 0 Å². The quantitative estimate of drug-likeness (QED) is 0.549. The summed E-state index contributed by atoms with van der Waals surface area (Å²) >= 11 is 3.70. The van der Waals surface area contributed by atoms with E-state index in [9.17, 15) is 15.0 Å². The maximum absolute atomic E-state index is 12.0. The fourth-order valence-electron chi connectivity index (χ4n) is 5.37. The SMILES string of the molecule is CC(c1ccc(OCc2ccccc2)c(Br)c1)(N1CCN(C(=O)O)CC1)C1(O)CCCCC1. The third kappa shape index (κ3) is 4.91. The van der Waals surface area contributed by atoms with Gasteiger partial charge in [0.25, 0.3) is 0 Å². The van der Waals surface area contributed by atoms with Crippen LogP contribution in [-0.2, 0) is 12.1 Å². The van der Waals surface area contributed by atoms with Crippen LogP contribution in [0.2, 0.25) is 0 Å². The fourth-order valence-corrected chi connectivity index (χ4v) is 5.86. The number of benzene rings is 2. The highest BCUT2D eigenvalue weighted by Gasteiger charge is 2.52. The molecule has 178 valence electrons. The molecule has 0 spiro atoms. The summed E-state index contributed by atoms with van der Waals surface area (Å²) in [7, 11) is 0. The first-order valence-electron chi connectivity index (χ1n) is 11.8. The van der Waals surface area contributed by atoms with Crippen LogP contribution in [-0.4, -0.2) is 57.9 Å². The molecular formula is C26H33BrN2O4. The lowest BCUT2D eigenvalue weighted by Crippen LogP contribution is -2.65. The number of carbonyl (C=O) groups is 1. The van der Waals surface area contributed by atoms with Gasteiger partial charge in [-0.15, -0.1) is 0 Å². The number of hydrogen-bond acceptors (Lipinski definition) is 4. The second kappa shape index (κ2) is 10.0. The number of aliphatic hydroxyl groups is 1. The Balaban J connectivity index is 1.61. The van der Waals surface area contributed by atoms with Gasteiger partial charge in [0, 0.05) is 26.2 Å². The van der Waals surface area contributed by atoms with E-state index < -0.39 is 17.2 Å². The largest absolute Gasteiger partial charge is 0.488 e. The molecule has 1 heterocycles. The molecule has 1 aliphatic heterocycles. The van der Waals surface area contributed by atoms with Crippen molar-refractivity contribution in [2.24, 2.45) is 0 Å². The summed E-state index contributed by atoms with van der Waals surface area (Å²) in [5, 5.41) is 21.3. The van der Waals surface area contributed by atoms with Crippen LogP contribution in [0.5, 0.6) is 5.75 Å². The van der Waals surface area contributed by atoms with Crippen molar-refractivity contribution in [3.63, 3.8) is 0 Å². The van der Waals surface area contributed by atoms with E-state index in [4.69, 9.17) is 4.74 Å². The van der Waals surface area contributed by atoms with Crippen molar-refractivity contribution in [3.8, 4) is 5.75 Å². The number of halogens is 1.